The van der Waals surface area contributed by atoms with Crippen LogP contribution in [0.15, 0.2) is 36.4 Å². The van der Waals surface area contributed by atoms with Gasteiger partial charge in [-0.15, -0.1) is 0 Å². The molecular weight excluding hydrogens is 364 g/mol. The van der Waals surface area contributed by atoms with Crippen LogP contribution in [0.1, 0.15) is 61.5 Å². The van der Waals surface area contributed by atoms with Gasteiger partial charge in [-0.2, -0.15) is 0 Å². The third-order valence-electron chi connectivity index (χ3n) is 6.00. The number of benzene rings is 1. The zero-order chi connectivity index (χ0) is 20.8. The molecule has 0 saturated heterocycles. The molecule has 1 fully saturated rings. The van der Waals surface area contributed by atoms with Crippen molar-refractivity contribution in [1.82, 2.24) is 9.47 Å². The lowest BCUT2D eigenvalue weighted by molar-refractivity contribution is -0.132. The van der Waals surface area contributed by atoms with Crippen molar-refractivity contribution in [3.05, 3.63) is 47.7 Å². The van der Waals surface area contributed by atoms with Crippen LogP contribution in [0.4, 0.5) is 0 Å². The summed E-state index contributed by atoms with van der Waals surface area (Å²) in [5, 5.41) is 0. The molecule has 29 heavy (non-hydrogen) atoms. The highest BCUT2D eigenvalue weighted by molar-refractivity contribution is 5.92. The molecule has 1 aromatic carbocycles. The maximum absolute atomic E-state index is 12.8. The first-order valence-corrected chi connectivity index (χ1v) is 10.7. The van der Waals surface area contributed by atoms with Gasteiger partial charge in [0.15, 0.2) is 0 Å². The Morgan fingerprint density at radius 2 is 1.83 bits per heavy atom. The highest BCUT2D eigenvalue weighted by Gasteiger charge is 2.23. The SMILES string of the molecule is CCOC(=O)c1cc(-c2ccccc2)n(CCC(=O)N(C)C2CCCCC2)c1C. The van der Waals surface area contributed by atoms with Crippen molar-refractivity contribution in [2.75, 3.05) is 13.7 Å². The van der Waals surface area contributed by atoms with E-state index in [0.717, 1.165) is 29.8 Å². The number of ether oxygens (including phenoxy) is 1. The number of carbonyl (C=O) groups is 2. The average Bonchev–Trinajstić information content (AvgIpc) is 3.09. The maximum atomic E-state index is 12.8. The minimum atomic E-state index is -0.313. The van der Waals surface area contributed by atoms with Gasteiger partial charge in [-0.25, -0.2) is 4.79 Å². The third kappa shape index (κ3) is 4.89. The molecule has 3 rings (SSSR count). The van der Waals surface area contributed by atoms with Crippen LogP contribution < -0.4 is 0 Å². The van der Waals surface area contributed by atoms with E-state index in [-0.39, 0.29) is 11.9 Å². The monoisotopic (exact) mass is 396 g/mol. The molecule has 0 radical (unpaired) electrons. The summed E-state index contributed by atoms with van der Waals surface area (Å²) in [5.41, 5.74) is 3.38. The first-order valence-electron chi connectivity index (χ1n) is 10.7. The van der Waals surface area contributed by atoms with Crippen molar-refractivity contribution < 1.29 is 14.3 Å². The van der Waals surface area contributed by atoms with E-state index in [1.807, 2.05) is 62.2 Å². The van der Waals surface area contributed by atoms with Crippen molar-refractivity contribution in [2.24, 2.45) is 0 Å². The van der Waals surface area contributed by atoms with Gasteiger partial charge in [0.05, 0.1) is 12.2 Å². The Balaban J connectivity index is 1.81. The number of nitrogens with zero attached hydrogens (tertiary/aromatic N) is 2. The second-order valence-electron chi connectivity index (χ2n) is 7.81. The van der Waals surface area contributed by atoms with Crippen molar-refractivity contribution >= 4 is 11.9 Å². The molecule has 5 heteroatoms. The summed E-state index contributed by atoms with van der Waals surface area (Å²) in [4.78, 5) is 27.2. The second-order valence-corrected chi connectivity index (χ2v) is 7.81. The Labute approximate surface area is 173 Å². The van der Waals surface area contributed by atoms with Crippen LogP contribution in [0.3, 0.4) is 0 Å². The number of rotatable bonds is 7. The number of esters is 1. The quantitative estimate of drug-likeness (QED) is 0.631. The van der Waals surface area contributed by atoms with E-state index in [9.17, 15) is 9.59 Å². The summed E-state index contributed by atoms with van der Waals surface area (Å²) in [7, 11) is 1.93. The Bertz CT molecular complexity index is 835. The summed E-state index contributed by atoms with van der Waals surface area (Å²) in [6.45, 7) is 4.62. The number of amides is 1. The molecule has 1 saturated carbocycles. The molecule has 0 N–H and O–H groups in total. The molecule has 1 heterocycles. The van der Waals surface area contributed by atoms with E-state index < -0.39 is 0 Å². The number of aromatic nitrogens is 1. The molecule has 0 atom stereocenters. The van der Waals surface area contributed by atoms with Crippen LogP contribution in [0.2, 0.25) is 0 Å². The van der Waals surface area contributed by atoms with Gasteiger partial charge in [0.1, 0.15) is 0 Å². The van der Waals surface area contributed by atoms with Crippen molar-refractivity contribution in [1.29, 1.82) is 0 Å². The predicted octanol–water partition coefficient (Wildman–Crippen LogP) is 4.82. The number of hydrogen-bond acceptors (Lipinski definition) is 3. The van der Waals surface area contributed by atoms with Crippen LogP contribution in [-0.2, 0) is 16.1 Å². The summed E-state index contributed by atoms with van der Waals surface area (Å²) in [6, 6.07) is 12.2. The zero-order valence-electron chi connectivity index (χ0n) is 17.8. The van der Waals surface area contributed by atoms with Gasteiger partial charge in [-0.05, 0) is 38.3 Å². The molecule has 0 aliphatic heterocycles. The standard InChI is InChI=1S/C24H32N2O3/c1-4-29-24(28)21-17-22(19-11-7-5-8-12-19)26(18(21)2)16-15-23(27)25(3)20-13-9-6-10-14-20/h5,7-8,11-12,17,20H,4,6,9-10,13-16H2,1-3H3. The largest absolute Gasteiger partial charge is 0.462 e. The highest BCUT2D eigenvalue weighted by Crippen LogP contribution is 2.27. The molecule has 1 aromatic heterocycles. The Morgan fingerprint density at radius 1 is 1.14 bits per heavy atom. The first-order chi connectivity index (χ1) is 14.0. The van der Waals surface area contributed by atoms with Gasteiger partial charge in [0, 0.05) is 37.4 Å². The van der Waals surface area contributed by atoms with E-state index in [4.69, 9.17) is 4.74 Å². The fraction of sp³-hybridized carbons (Fsp3) is 0.500. The number of carbonyl (C=O) groups excluding carboxylic acids is 2. The van der Waals surface area contributed by atoms with Crippen LogP contribution >= 0.6 is 0 Å². The van der Waals surface area contributed by atoms with E-state index >= 15 is 0 Å². The highest BCUT2D eigenvalue weighted by atomic mass is 16.5. The van der Waals surface area contributed by atoms with E-state index in [1.54, 1.807) is 0 Å². The van der Waals surface area contributed by atoms with Crippen LogP contribution in [-0.4, -0.2) is 41.0 Å². The van der Waals surface area contributed by atoms with Gasteiger partial charge >= 0.3 is 5.97 Å². The van der Waals surface area contributed by atoms with Crippen molar-refractivity contribution in [3.63, 3.8) is 0 Å². The van der Waals surface area contributed by atoms with Gasteiger partial charge < -0.3 is 14.2 Å². The maximum Gasteiger partial charge on any atom is 0.339 e. The minimum Gasteiger partial charge on any atom is -0.462 e. The lowest BCUT2D eigenvalue weighted by Crippen LogP contribution is -2.38. The zero-order valence-corrected chi connectivity index (χ0v) is 17.8. The van der Waals surface area contributed by atoms with Crippen molar-refractivity contribution in [3.8, 4) is 11.3 Å². The van der Waals surface area contributed by atoms with E-state index in [0.29, 0.717) is 31.2 Å². The molecule has 0 bridgehead atoms. The van der Waals surface area contributed by atoms with Gasteiger partial charge in [-0.1, -0.05) is 49.6 Å². The lowest BCUT2D eigenvalue weighted by atomic mass is 9.94. The van der Waals surface area contributed by atoms with E-state index in [1.165, 1.54) is 19.3 Å². The Hall–Kier alpha value is -2.56. The van der Waals surface area contributed by atoms with Gasteiger partial charge in [0.25, 0.3) is 0 Å². The molecule has 1 aliphatic carbocycles. The molecule has 0 spiro atoms. The molecule has 5 nitrogen and oxygen atoms in total. The van der Waals surface area contributed by atoms with Crippen LogP contribution in [0, 0.1) is 6.92 Å². The van der Waals surface area contributed by atoms with Crippen LogP contribution in [0.5, 0.6) is 0 Å². The lowest BCUT2D eigenvalue weighted by Gasteiger charge is -2.31. The molecule has 156 valence electrons. The second kappa shape index (κ2) is 9.77. The molecule has 1 amide bonds. The first kappa shape index (κ1) is 21.2. The topological polar surface area (TPSA) is 51.5 Å². The fourth-order valence-electron chi connectivity index (χ4n) is 4.25. The van der Waals surface area contributed by atoms with Crippen LogP contribution in [0.25, 0.3) is 11.3 Å². The number of hydrogen-bond donors (Lipinski definition) is 0. The summed E-state index contributed by atoms with van der Waals surface area (Å²) in [5.74, 6) is -0.145. The summed E-state index contributed by atoms with van der Waals surface area (Å²) < 4.78 is 7.31. The summed E-state index contributed by atoms with van der Waals surface area (Å²) >= 11 is 0. The fourth-order valence-corrected chi connectivity index (χ4v) is 4.25. The Kier molecular flexibility index (Phi) is 7.13. The third-order valence-corrected chi connectivity index (χ3v) is 6.00. The average molecular weight is 397 g/mol. The summed E-state index contributed by atoms with van der Waals surface area (Å²) in [6.07, 6.45) is 6.32. The van der Waals surface area contributed by atoms with Crippen molar-refractivity contribution in [2.45, 2.75) is 65.0 Å². The van der Waals surface area contributed by atoms with E-state index in [2.05, 4.69) is 4.57 Å². The normalized spacial score (nSPS) is 14.6. The molecule has 1 aliphatic rings. The smallest absolute Gasteiger partial charge is 0.339 e. The van der Waals surface area contributed by atoms with Gasteiger partial charge in [0.2, 0.25) is 5.91 Å². The molecule has 2 aromatic rings. The minimum absolute atomic E-state index is 0.168. The molecule has 0 unspecified atom stereocenters. The predicted molar refractivity (Wildman–Crippen MR) is 115 cm³/mol. The van der Waals surface area contributed by atoms with Gasteiger partial charge in [-0.3, -0.25) is 4.79 Å². The Morgan fingerprint density at radius 3 is 2.48 bits per heavy atom. The molecular formula is C24H32N2O3.